The van der Waals surface area contributed by atoms with Crippen LogP contribution in [0.1, 0.15) is 20.3 Å². The van der Waals surface area contributed by atoms with Gasteiger partial charge in [0.1, 0.15) is 0 Å². The first kappa shape index (κ1) is 8.84. The second kappa shape index (κ2) is 4.69. The molecular formula is C7H13OP. The number of rotatable bonds is 3. The summed E-state index contributed by atoms with van der Waals surface area (Å²) in [6.45, 7) is 6.18. The molecule has 0 N–H and O–H groups in total. The van der Waals surface area contributed by atoms with Crippen molar-refractivity contribution < 1.29 is 4.79 Å². The van der Waals surface area contributed by atoms with Crippen molar-refractivity contribution in [3.05, 3.63) is 0 Å². The summed E-state index contributed by atoms with van der Waals surface area (Å²) in [6, 6.07) is 0. The van der Waals surface area contributed by atoms with Gasteiger partial charge in [-0.05, 0) is 19.0 Å². The van der Waals surface area contributed by atoms with E-state index in [1.165, 1.54) is 0 Å². The van der Waals surface area contributed by atoms with Gasteiger partial charge in [0.05, 0.1) is 0 Å². The van der Waals surface area contributed by atoms with E-state index in [0.717, 1.165) is 26.2 Å². The molecule has 1 unspecified atom stereocenters. The Hall–Kier alpha value is -0.160. The molecule has 0 amide bonds. The Morgan fingerprint density at radius 3 is 2.44 bits per heavy atom. The zero-order valence-electron chi connectivity index (χ0n) is 6.22. The van der Waals surface area contributed by atoms with Gasteiger partial charge >= 0.3 is 0 Å². The van der Waals surface area contributed by atoms with E-state index in [1.807, 2.05) is 6.66 Å². The fraction of sp³-hybridized carbons (Fsp3) is 0.714. The van der Waals surface area contributed by atoms with E-state index < -0.39 is 0 Å². The Bertz CT molecular complexity index is 118. The van der Waals surface area contributed by atoms with E-state index in [-0.39, 0.29) is 0 Å². The summed E-state index contributed by atoms with van der Waals surface area (Å²) in [7, 11) is 1.12. The molecule has 0 saturated carbocycles. The van der Waals surface area contributed by atoms with Gasteiger partial charge in [0.2, 0.25) is 0 Å². The van der Waals surface area contributed by atoms with Crippen molar-refractivity contribution in [3.8, 4) is 0 Å². The maximum atomic E-state index is 10.3. The van der Waals surface area contributed by atoms with Gasteiger partial charge in [0.25, 0.3) is 0 Å². The third-order valence-corrected chi connectivity index (χ3v) is 2.56. The maximum absolute atomic E-state index is 10.3. The Kier molecular flexibility index (Phi) is 4.61. The van der Waals surface area contributed by atoms with Crippen molar-refractivity contribution in [3.63, 3.8) is 0 Å². The lowest BCUT2D eigenvalue weighted by Crippen LogP contribution is -2.08. The highest BCUT2D eigenvalue weighted by atomic mass is 31.1. The average molecular weight is 144 g/mol. The Morgan fingerprint density at radius 2 is 2.33 bits per heavy atom. The summed E-state index contributed by atoms with van der Waals surface area (Å²) < 4.78 is 0. The molecule has 1 nitrogen and oxygen atoms in total. The molecule has 1 atom stereocenters. The van der Waals surface area contributed by atoms with E-state index in [4.69, 9.17) is 0 Å². The molecule has 0 saturated heterocycles. The molecular weight excluding hydrogens is 131 g/mol. The molecule has 0 aromatic rings. The molecule has 0 aromatic carbocycles. The zero-order valence-corrected chi connectivity index (χ0v) is 7.11. The summed E-state index contributed by atoms with van der Waals surface area (Å²) in [5, 5.41) is 1.01. The van der Waals surface area contributed by atoms with Gasteiger partial charge in [0, 0.05) is 5.29 Å². The van der Waals surface area contributed by atoms with Crippen LogP contribution < -0.4 is 0 Å². The van der Waals surface area contributed by atoms with Gasteiger partial charge in [-0.3, -0.25) is 4.79 Å². The lowest BCUT2D eigenvalue weighted by Gasteiger charge is -2.04. The van der Waals surface area contributed by atoms with E-state index in [0.29, 0.717) is 5.92 Å². The molecule has 0 fully saturated rings. The van der Waals surface area contributed by atoms with Gasteiger partial charge in [-0.2, -0.15) is 0 Å². The van der Waals surface area contributed by atoms with E-state index >= 15 is 0 Å². The number of aldehydes is 1. The minimum Gasteiger partial charge on any atom is -0.298 e. The van der Waals surface area contributed by atoms with Crippen molar-refractivity contribution in [2.75, 3.05) is 6.66 Å². The molecule has 0 aromatic heterocycles. The van der Waals surface area contributed by atoms with Crippen LogP contribution in [-0.2, 0) is 4.79 Å². The Balaban J connectivity index is 3.95. The summed E-state index contributed by atoms with van der Waals surface area (Å²) in [5.41, 5.74) is 0. The van der Waals surface area contributed by atoms with Crippen LogP contribution in [-0.4, -0.2) is 18.2 Å². The fourth-order valence-electron chi connectivity index (χ4n) is 0.598. The van der Waals surface area contributed by atoms with Crippen molar-refractivity contribution in [2.24, 2.45) is 5.92 Å². The van der Waals surface area contributed by atoms with Crippen LogP contribution in [0.3, 0.4) is 0 Å². The predicted octanol–water partition coefficient (Wildman–Crippen LogP) is 1.98. The smallest absolute Gasteiger partial charge is 0.150 e. The van der Waals surface area contributed by atoms with Gasteiger partial charge in [-0.25, -0.2) is 0 Å². The van der Waals surface area contributed by atoms with E-state index in [9.17, 15) is 4.79 Å². The minimum atomic E-state index is 0.467. The molecule has 9 heavy (non-hydrogen) atoms. The summed E-state index contributed by atoms with van der Waals surface area (Å²) >= 11 is 0. The monoisotopic (exact) mass is 144 g/mol. The quantitative estimate of drug-likeness (QED) is 0.437. The lowest BCUT2D eigenvalue weighted by molar-refractivity contribution is -0.102. The van der Waals surface area contributed by atoms with E-state index in [1.54, 1.807) is 0 Å². The highest BCUT2D eigenvalue weighted by molar-refractivity contribution is 7.42. The highest BCUT2D eigenvalue weighted by Crippen LogP contribution is 2.07. The van der Waals surface area contributed by atoms with Crippen molar-refractivity contribution in [1.29, 1.82) is 0 Å². The number of carbonyl (C=O) groups excluding carboxylic acids is 1. The van der Waals surface area contributed by atoms with Gasteiger partial charge in [-0.1, -0.05) is 13.8 Å². The molecule has 0 heterocycles. The van der Waals surface area contributed by atoms with Gasteiger partial charge in [0.15, 0.2) is 6.29 Å². The molecule has 0 spiro atoms. The van der Waals surface area contributed by atoms with Crippen LogP contribution in [0.15, 0.2) is 0 Å². The molecule has 0 rings (SSSR count). The first-order chi connectivity index (χ1) is 4.26. The second-order valence-electron chi connectivity index (χ2n) is 2.08. The first-order valence-electron chi connectivity index (χ1n) is 3.18. The molecule has 0 aliphatic rings. The van der Waals surface area contributed by atoms with Crippen LogP contribution >= 0.6 is 8.20 Å². The highest BCUT2D eigenvalue weighted by Gasteiger charge is 2.02. The largest absolute Gasteiger partial charge is 0.298 e. The molecule has 0 aliphatic carbocycles. The van der Waals surface area contributed by atoms with Crippen LogP contribution in [0.5, 0.6) is 0 Å². The Morgan fingerprint density at radius 1 is 1.78 bits per heavy atom. The van der Waals surface area contributed by atoms with Crippen molar-refractivity contribution >= 4 is 19.8 Å². The fourth-order valence-corrected chi connectivity index (χ4v) is 1.33. The standard InChI is InChI=1S/C7H13OP/c1-4-6(2)7(5-8)9-3/h5-6H,4H2,1-3H3. The Labute approximate surface area is 58.3 Å². The summed E-state index contributed by atoms with van der Waals surface area (Å²) in [6.07, 6.45) is 2.05. The third-order valence-electron chi connectivity index (χ3n) is 1.50. The molecule has 0 radical (unpaired) electrons. The SMILES string of the molecule is CCC(C)C(C=O)=PC. The van der Waals surface area contributed by atoms with Crippen LogP contribution in [0.25, 0.3) is 0 Å². The van der Waals surface area contributed by atoms with Crippen LogP contribution in [0, 0.1) is 5.92 Å². The molecule has 0 bridgehead atoms. The van der Waals surface area contributed by atoms with Crippen molar-refractivity contribution in [2.45, 2.75) is 20.3 Å². The lowest BCUT2D eigenvalue weighted by atomic mass is 10.1. The minimum absolute atomic E-state index is 0.467. The third kappa shape index (κ3) is 2.76. The van der Waals surface area contributed by atoms with E-state index in [2.05, 4.69) is 13.8 Å². The average Bonchev–Trinajstić information content (AvgIpc) is 1.90. The van der Waals surface area contributed by atoms with Crippen LogP contribution in [0.4, 0.5) is 0 Å². The zero-order chi connectivity index (χ0) is 7.28. The van der Waals surface area contributed by atoms with Crippen molar-refractivity contribution in [1.82, 2.24) is 0 Å². The first-order valence-corrected chi connectivity index (χ1v) is 4.52. The van der Waals surface area contributed by atoms with Gasteiger partial charge in [-0.15, -0.1) is 8.20 Å². The maximum Gasteiger partial charge on any atom is 0.150 e. The summed E-state index contributed by atoms with van der Waals surface area (Å²) in [4.78, 5) is 10.3. The molecule has 0 aliphatic heterocycles. The van der Waals surface area contributed by atoms with Gasteiger partial charge < -0.3 is 0 Å². The number of hydrogen-bond donors (Lipinski definition) is 0. The number of hydrogen-bond acceptors (Lipinski definition) is 1. The second-order valence-corrected chi connectivity index (χ2v) is 3.04. The predicted molar refractivity (Wildman–Crippen MR) is 43.4 cm³/mol. The molecule has 2 heteroatoms. The number of carbonyl (C=O) groups is 1. The topological polar surface area (TPSA) is 17.1 Å². The normalized spacial score (nSPS) is 15.2. The van der Waals surface area contributed by atoms with Crippen LogP contribution in [0.2, 0.25) is 0 Å². The summed E-state index contributed by atoms with van der Waals surface area (Å²) in [5.74, 6) is 0.467. The molecule has 52 valence electrons.